The van der Waals surface area contributed by atoms with E-state index < -0.39 is 5.91 Å². The second kappa shape index (κ2) is 4.18. The summed E-state index contributed by atoms with van der Waals surface area (Å²) in [5.41, 5.74) is 6.40. The molecular weight excluding hydrogens is 245 g/mol. The largest absolute Gasteiger partial charge is 0.363 e. The lowest BCUT2D eigenvalue weighted by molar-refractivity contribution is 0.0991. The summed E-state index contributed by atoms with van der Waals surface area (Å²) in [4.78, 5) is 17.3. The van der Waals surface area contributed by atoms with Crippen LogP contribution in [-0.2, 0) is 0 Å². The van der Waals surface area contributed by atoms with Crippen molar-refractivity contribution in [1.29, 1.82) is 0 Å². The summed E-state index contributed by atoms with van der Waals surface area (Å²) in [5, 5.41) is 0.378. The minimum absolute atomic E-state index is 0.0112. The van der Waals surface area contributed by atoms with Gasteiger partial charge in [0.1, 0.15) is 5.82 Å². The molecule has 1 heterocycles. The zero-order valence-corrected chi connectivity index (χ0v) is 9.68. The number of aromatic amines is 1. The summed E-state index contributed by atoms with van der Waals surface area (Å²) in [6, 6.07) is 2.80. The predicted molar refractivity (Wildman–Crippen MR) is 62.2 cm³/mol. The van der Waals surface area contributed by atoms with Gasteiger partial charge in [-0.15, -0.1) is 0 Å². The minimum Gasteiger partial charge on any atom is -0.363 e. The number of nitrogens with two attached hydrogens (primary N) is 1. The Morgan fingerprint density at radius 2 is 2.24 bits per heavy atom. The molecule has 0 unspecified atom stereocenters. The van der Waals surface area contributed by atoms with Crippen molar-refractivity contribution in [1.82, 2.24) is 9.97 Å². The van der Waals surface area contributed by atoms with E-state index in [0.717, 1.165) is 0 Å². The van der Waals surface area contributed by atoms with Crippen molar-refractivity contribution >= 4 is 17.5 Å². The lowest BCUT2D eigenvalue weighted by atomic mass is 10.1. The van der Waals surface area contributed by atoms with Gasteiger partial charge in [0.25, 0.3) is 5.91 Å². The molecule has 6 heteroatoms. The fraction of sp³-hybridized carbons (Fsp3) is 0.0909. The van der Waals surface area contributed by atoms with E-state index in [1.54, 1.807) is 6.92 Å². The highest BCUT2D eigenvalue weighted by Crippen LogP contribution is 2.28. The van der Waals surface area contributed by atoms with Gasteiger partial charge in [0.2, 0.25) is 0 Å². The highest BCUT2D eigenvalue weighted by atomic mass is 35.5. The molecule has 4 nitrogen and oxygen atoms in total. The maximum Gasteiger partial charge on any atom is 0.284 e. The van der Waals surface area contributed by atoms with E-state index in [2.05, 4.69) is 9.97 Å². The van der Waals surface area contributed by atoms with E-state index in [1.165, 1.54) is 18.3 Å². The number of aryl methyl sites for hydroxylation is 1. The molecule has 0 saturated heterocycles. The maximum atomic E-state index is 13.4. The first-order valence-corrected chi connectivity index (χ1v) is 5.17. The molecular formula is C11H9ClFN3O. The third kappa shape index (κ3) is 2.14. The van der Waals surface area contributed by atoms with E-state index in [0.29, 0.717) is 21.8 Å². The Morgan fingerprint density at radius 1 is 1.53 bits per heavy atom. The van der Waals surface area contributed by atoms with Crippen LogP contribution < -0.4 is 5.73 Å². The van der Waals surface area contributed by atoms with E-state index in [4.69, 9.17) is 17.3 Å². The van der Waals surface area contributed by atoms with Crippen LogP contribution in [0.15, 0.2) is 18.3 Å². The molecule has 0 aliphatic heterocycles. The molecule has 0 radical (unpaired) electrons. The van der Waals surface area contributed by atoms with Crippen molar-refractivity contribution < 1.29 is 9.18 Å². The van der Waals surface area contributed by atoms with Crippen molar-refractivity contribution in [3.63, 3.8) is 0 Å². The Balaban J connectivity index is 2.52. The fourth-order valence-corrected chi connectivity index (χ4v) is 1.76. The molecule has 3 N–H and O–H groups in total. The Labute approximate surface area is 102 Å². The van der Waals surface area contributed by atoms with Gasteiger partial charge in [-0.1, -0.05) is 11.6 Å². The summed E-state index contributed by atoms with van der Waals surface area (Å²) >= 11 is 5.99. The normalized spacial score (nSPS) is 10.5. The van der Waals surface area contributed by atoms with Crippen molar-refractivity contribution in [2.24, 2.45) is 5.73 Å². The second-order valence-electron chi connectivity index (χ2n) is 3.59. The molecule has 17 heavy (non-hydrogen) atoms. The van der Waals surface area contributed by atoms with Crippen molar-refractivity contribution in [3.8, 4) is 11.3 Å². The number of carbonyl (C=O) groups excluding carboxylic acids is 1. The molecule has 2 aromatic rings. The van der Waals surface area contributed by atoms with Crippen LogP contribution >= 0.6 is 11.6 Å². The van der Waals surface area contributed by atoms with Crippen LogP contribution in [0.1, 0.15) is 16.2 Å². The smallest absolute Gasteiger partial charge is 0.284 e. The molecule has 0 saturated carbocycles. The van der Waals surface area contributed by atoms with Crippen LogP contribution in [0.5, 0.6) is 0 Å². The fourth-order valence-electron chi connectivity index (χ4n) is 1.44. The molecule has 1 amide bonds. The number of hydrogen-bond acceptors (Lipinski definition) is 2. The van der Waals surface area contributed by atoms with E-state index in [9.17, 15) is 9.18 Å². The first-order valence-electron chi connectivity index (χ1n) is 4.80. The number of benzene rings is 1. The van der Waals surface area contributed by atoms with Crippen LogP contribution in [0, 0.1) is 12.7 Å². The van der Waals surface area contributed by atoms with Crippen LogP contribution in [-0.4, -0.2) is 15.9 Å². The van der Waals surface area contributed by atoms with Gasteiger partial charge in [-0.2, -0.15) is 0 Å². The van der Waals surface area contributed by atoms with Crippen LogP contribution in [0.25, 0.3) is 11.3 Å². The Morgan fingerprint density at radius 3 is 2.82 bits per heavy atom. The molecule has 0 spiro atoms. The van der Waals surface area contributed by atoms with Gasteiger partial charge in [-0.05, 0) is 24.6 Å². The number of aromatic nitrogens is 2. The third-order valence-corrected chi connectivity index (χ3v) is 2.66. The number of carbonyl (C=O) groups is 1. The number of rotatable bonds is 2. The Kier molecular flexibility index (Phi) is 2.85. The van der Waals surface area contributed by atoms with E-state index in [1.807, 2.05) is 0 Å². The number of H-pyrrole nitrogens is 1. The quantitative estimate of drug-likeness (QED) is 0.862. The van der Waals surface area contributed by atoms with Gasteiger partial charge in [-0.3, -0.25) is 4.79 Å². The number of imidazole rings is 1. The van der Waals surface area contributed by atoms with Gasteiger partial charge in [0, 0.05) is 5.56 Å². The zero-order chi connectivity index (χ0) is 12.6. The topological polar surface area (TPSA) is 71.8 Å². The van der Waals surface area contributed by atoms with Gasteiger partial charge in [0.15, 0.2) is 5.82 Å². The molecule has 1 aromatic heterocycles. The first kappa shape index (κ1) is 11.6. The number of nitrogens with zero attached hydrogens (tertiary/aromatic N) is 1. The van der Waals surface area contributed by atoms with Gasteiger partial charge in [0.05, 0.1) is 16.9 Å². The van der Waals surface area contributed by atoms with Gasteiger partial charge < -0.3 is 10.7 Å². The number of hydrogen-bond donors (Lipinski definition) is 2. The number of amides is 1. The molecule has 2 rings (SSSR count). The molecule has 0 atom stereocenters. The summed E-state index contributed by atoms with van der Waals surface area (Å²) < 4.78 is 13.4. The number of nitrogens with one attached hydrogen (secondary N) is 1. The standard InChI is InChI=1S/C11H9ClFN3O/c1-5-2-7(12)6(3-8(5)13)9-4-15-11(16-9)10(14)17/h2-4H,1H3,(H2,14,17)(H,15,16). The summed E-state index contributed by atoms with van der Waals surface area (Å²) in [6.07, 6.45) is 1.38. The van der Waals surface area contributed by atoms with E-state index >= 15 is 0 Å². The van der Waals surface area contributed by atoms with E-state index in [-0.39, 0.29) is 11.6 Å². The molecule has 0 fully saturated rings. The van der Waals surface area contributed by atoms with Gasteiger partial charge in [-0.25, -0.2) is 9.37 Å². The van der Waals surface area contributed by atoms with Crippen LogP contribution in [0.3, 0.4) is 0 Å². The predicted octanol–water partition coefficient (Wildman–Crippen LogP) is 2.28. The Bertz CT molecular complexity index is 594. The molecule has 1 aromatic carbocycles. The van der Waals surface area contributed by atoms with Crippen molar-refractivity contribution in [2.75, 3.05) is 0 Å². The summed E-state index contributed by atoms with van der Waals surface area (Å²) in [7, 11) is 0. The molecule has 0 bridgehead atoms. The number of halogens is 2. The van der Waals surface area contributed by atoms with Crippen molar-refractivity contribution in [2.45, 2.75) is 6.92 Å². The summed E-state index contributed by atoms with van der Waals surface area (Å²) in [6.45, 7) is 1.62. The average molecular weight is 254 g/mol. The maximum absolute atomic E-state index is 13.4. The lowest BCUT2D eigenvalue weighted by Gasteiger charge is -2.04. The van der Waals surface area contributed by atoms with Gasteiger partial charge >= 0.3 is 0 Å². The average Bonchev–Trinajstić information content (AvgIpc) is 2.72. The van der Waals surface area contributed by atoms with Crippen LogP contribution in [0.2, 0.25) is 5.02 Å². The molecule has 0 aliphatic rings. The summed E-state index contributed by atoms with van der Waals surface area (Å²) in [5.74, 6) is -1.04. The Hall–Kier alpha value is -1.88. The highest BCUT2D eigenvalue weighted by Gasteiger charge is 2.12. The monoisotopic (exact) mass is 253 g/mol. The minimum atomic E-state index is -0.681. The SMILES string of the molecule is Cc1cc(Cl)c(-c2cnc(C(N)=O)[nH]2)cc1F. The zero-order valence-electron chi connectivity index (χ0n) is 8.92. The first-order chi connectivity index (χ1) is 7.99. The highest BCUT2D eigenvalue weighted by molar-refractivity contribution is 6.33. The molecule has 0 aliphatic carbocycles. The third-order valence-electron chi connectivity index (χ3n) is 2.35. The van der Waals surface area contributed by atoms with Crippen molar-refractivity contribution in [3.05, 3.63) is 40.6 Å². The number of primary amides is 1. The molecule has 88 valence electrons. The lowest BCUT2D eigenvalue weighted by Crippen LogP contribution is -2.12. The van der Waals surface area contributed by atoms with Crippen LogP contribution in [0.4, 0.5) is 4.39 Å². The second-order valence-corrected chi connectivity index (χ2v) is 4.00.